The van der Waals surface area contributed by atoms with Crippen molar-refractivity contribution in [1.82, 2.24) is 15.5 Å². The molecule has 2 aliphatic rings. The van der Waals surface area contributed by atoms with E-state index in [2.05, 4.69) is 10.6 Å². The van der Waals surface area contributed by atoms with Gasteiger partial charge in [-0.1, -0.05) is 23.2 Å². The highest BCUT2D eigenvalue weighted by Gasteiger charge is 2.41. The minimum absolute atomic E-state index is 0.00373. The van der Waals surface area contributed by atoms with Gasteiger partial charge in [-0.25, -0.2) is 0 Å². The molecule has 2 saturated heterocycles. The number of cyclic esters (lactones) is 1. The van der Waals surface area contributed by atoms with Crippen LogP contribution in [0.1, 0.15) is 43.5 Å². The van der Waals surface area contributed by atoms with Crippen LogP contribution in [0, 0.1) is 0 Å². The zero-order chi connectivity index (χ0) is 24.3. The van der Waals surface area contributed by atoms with Crippen LogP contribution in [0.5, 0.6) is 0 Å². The second-order valence-electron chi connectivity index (χ2n) is 7.87. The molecule has 1 aromatic carbocycles. The van der Waals surface area contributed by atoms with Crippen molar-refractivity contribution in [2.45, 2.75) is 57.5 Å². The van der Waals surface area contributed by atoms with Crippen molar-refractivity contribution in [2.75, 3.05) is 18.9 Å². The molecule has 0 aromatic heterocycles. The number of rotatable bonds is 7. The number of nitrogen functional groups attached to an aromatic ring is 1. The highest BCUT2D eigenvalue weighted by molar-refractivity contribution is 6.39. The Kier molecular flexibility index (Phi) is 8.04. The van der Waals surface area contributed by atoms with E-state index in [-0.39, 0.29) is 27.7 Å². The van der Waals surface area contributed by atoms with Crippen LogP contribution in [0.2, 0.25) is 10.0 Å². The van der Waals surface area contributed by atoms with E-state index in [9.17, 15) is 19.2 Å². The zero-order valence-corrected chi connectivity index (χ0v) is 19.7. The number of amides is 3. The molecule has 0 saturated carbocycles. The first-order valence-electron chi connectivity index (χ1n) is 10.6. The van der Waals surface area contributed by atoms with E-state index in [1.165, 1.54) is 24.0 Å². The largest absolute Gasteiger partial charge is 0.433 e. The molecule has 0 spiro atoms. The van der Waals surface area contributed by atoms with Gasteiger partial charge < -0.3 is 30.7 Å². The number of carbonyl (C=O) groups is 4. The third-order valence-corrected chi connectivity index (χ3v) is 6.14. The molecule has 4 atom stereocenters. The van der Waals surface area contributed by atoms with Crippen LogP contribution in [-0.2, 0) is 23.9 Å². The summed E-state index contributed by atoms with van der Waals surface area (Å²) >= 11 is 12.0. The van der Waals surface area contributed by atoms with Crippen molar-refractivity contribution in [1.29, 1.82) is 0 Å². The standard InChI is InChI=1S/C21H26Cl2N4O6/c1-3-32-21-14(9-16(28)33-21)26-19(30)15-5-4-6-27(15)20(31)10(2)25-18(29)11-7-12(22)17(24)13(23)8-11/h7-8,10,14-15,21H,3-6,9,24H2,1-2H3,(H,25,29)(H,26,30). The molecular formula is C21H26Cl2N4O6. The quantitative estimate of drug-likeness (QED) is 0.380. The summed E-state index contributed by atoms with van der Waals surface area (Å²) in [7, 11) is 0. The number of hydrogen-bond donors (Lipinski definition) is 3. The van der Waals surface area contributed by atoms with E-state index in [1.807, 2.05) is 0 Å². The molecule has 12 heteroatoms. The van der Waals surface area contributed by atoms with E-state index in [4.69, 9.17) is 38.4 Å². The fourth-order valence-electron chi connectivity index (χ4n) is 3.86. The molecule has 4 N–H and O–H groups in total. The van der Waals surface area contributed by atoms with Gasteiger partial charge in [-0.05, 0) is 38.8 Å². The first kappa shape index (κ1) is 25.1. The summed E-state index contributed by atoms with van der Waals surface area (Å²) in [6.07, 6.45) is 0.231. The molecule has 33 heavy (non-hydrogen) atoms. The molecule has 4 unspecified atom stereocenters. The number of halogens is 2. The van der Waals surface area contributed by atoms with Gasteiger partial charge in [0.05, 0.1) is 22.2 Å². The number of anilines is 1. The lowest BCUT2D eigenvalue weighted by atomic mass is 10.1. The van der Waals surface area contributed by atoms with E-state index in [0.717, 1.165) is 0 Å². The van der Waals surface area contributed by atoms with E-state index in [0.29, 0.717) is 26.0 Å². The molecule has 2 fully saturated rings. The Hall–Kier alpha value is -2.56. The number of nitrogens with two attached hydrogens (primary N) is 1. The lowest BCUT2D eigenvalue weighted by Gasteiger charge is -2.28. The van der Waals surface area contributed by atoms with Crippen LogP contribution in [-0.4, -0.2) is 66.2 Å². The van der Waals surface area contributed by atoms with Crippen molar-refractivity contribution in [3.8, 4) is 0 Å². The topological polar surface area (TPSA) is 140 Å². The van der Waals surface area contributed by atoms with Crippen LogP contribution in [0.15, 0.2) is 12.1 Å². The molecule has 3 rings (SSSR count). The van der Waals surface area contributed by atoms with E-state index >= 15 is 0 Å². The third-order valence-electron chi connectivity index (χ3n) is 5.52. The minimum atomic E-state index is -0.909. The second kappa shape index (κ2) is 10.6. The molecule has 3 amide bonds. The lowest BCUT2D eigenvalue weighted by molar-refractivity contribution is -0.164. The Labute approximate surface area is 201 Å². The van der Waals surface area contributed by atoms with Gasteiger partial charge in [0, 0.05) is 18.7 Å². The summed E-state index contributed by atoms with van der Waals surface area (Å²) in [6.45, 7) is 3.97. The van der Waals surface area contributed by atoms with Crippen molar-refractivity contribution >= 4 is 52.6 Å². The molecule has 10 nitrogen and oxygen atoms in total. The number of esters is 1. The van der Waals surface area contributed by atoms with Gasteiger partial charge in [0.15, 0.2) is 0 Å². The number of nitrogens with zero attached hydrogens (tertiary/aromatic N) is 1. The third kappa shape index (κ3) is 5.69. The first-order chi connectivity index (χ1) is 15.6. The zero-order valence-electron chi connectivity index (χ0n) is 18.2. The summed E-state index contributed by atoms with van der Waals surface area (Å²) in [6, 6.07) is 0.464. The maximum Gasteiger partial charge on any atom is 0.310 e. The summed E-state index contributed by atoms with van der Waals surface area (Å²) in [5, 5.41) is 5.62. The van der Waals surface area contributed by atoms with Crippen molar-refractivity contribution in [3.63, 3.8) is 0 Å². The highest BCUT2D eigenvalue weighted by atomic mass is 35.5. The van der Waals surface area contributed by atoms with E-state index in [1.54, 1.807) is 6.92 Å². The average molecular weight is 501 g/mol. The number of hydrogen-bond acceptors (Lipinski definition) is 7. The van der Waals surface area contributed by atoms with Crippen LogP contribution >= 0.6 is 23.2 Å². The Balaban J connectivity index is 1.63. The molecule has 1 aromatic rings. The molecular weight excluding hydrogens is 475 g/mol. The fraction of sp³-hybridized carbons (Fsp3) is 0.524. The molecule has 0 aliphatic carbocycles. The van der Waals surface area contributed by atoms with E-state index < -0.39 is 48.1 Å². The SMILES string of the molecule is CCOC1OC(=O)CC1NC(=O)C1CCCN1C(=O)C(C)NC(=O)c1cc(Cl)c(N)c(Cl)c1. The second-order valence-corrected chi connectivity index (χ2v) is 8.69. The normalized spacial score (nSPS) is 23.2. The maximum absolute atomic E-state index is 13.0. The van der Waals surface area contributed by atoms with Crippen molar-refractivity contribution < 1.29 is 28.7 Å². The maximum atomic E-state index is 13.0. The first-order valence-corrected chi connectivity index (χ1v) is 11.3. The summed E-state index contributed by atoms with van der Waals surface area (Å²) in [5.41, 5.74) is 6.00. The van der Waals surface area contributed by atoms with Gasteiger partial charge in [0.2, 0.25) is 18.1 Å². The Morgan fingerprint density at radius 1 is 1.30 bits per heavy atom. The molecule has 2 heterocycles. The van der Waals surface area contributed by atoms with Crippen LogP contribution in [0.4, 0.5) is 5.69 Å². The molecule has 0 radical (unpaired) electrons. The Morgan fingerprint density at radius 2 is 1.97 bits per heavy atom. The number of benzene rings is 1. The molecule has 0 bridgehead atoms. The van der Waals surface area contributed by atoms with Crippen LogP contribution in [0.3, 0.4) is 0 Å². The molecule has 2 aliphatic heterocycles. The average Bonchev–Trinajstić information content (AvgIpc) is 3.38. The summed E-state index contributed by atoms with van der Waals surface area (Å²) in [5.74, 6) is -1.82. The van der Waals surface area contributed by atoms with Crippen molar-refractivity contribution in [3.05, 3.63) is 27.7 Å². The van der Waals surface area contributed by atoms with Gasteiger partial charge >= 0.3 is 5.97 Å². The number of nitrogens with one attached hydrogen (secondary N) is 2. The van der Waals surface area contributed by atoms with Gasteiger partial charge in [-0.3, -0.25) is 19.2 Å². The van der Waals surface area contributed by atoms with Gasteiger partial charge in [-0.15, -0.1) is 0 Å². The number of likely N-dealkylation sites (tertiary alicyclic amines) is 1. The minimum Gasteiger partial charge on any atom is -0.433 e. The monoisotopic (exact) mass is 500 g/mol. The van der Waals surface area contributed by atoms with Gasteiger partial charge in [0.25, 0.3) is 5.91 Å². The Morgan fingerprint density at radius 3 is 2.61 bits per heavy atom. The molecule has 180 valence electrons. The Bertz CT molecular complexity index is 936. The number of ether oxygens (including phenoxy) is 2. The lowest BCUT2D eigenvalue weighted by Crippen LogP contribution is -2.54. The van der Waals surface area contributed by atoms with Crippen LogP contribution < -0.4 is 16.4 Å². The summed E-state index contributed by atoms with van der Waals surface area (Å²) in [4.78, 5) is 51.5. The predicted octanol–water partition coefficient (Wildman–Crippen LogP) is 1.48. The summed E-state index contributed by atoms with van der Waals surface area (Å²) < 4.78 is 10.4. The van der Waals surface area contributed by atoms with Crippen LogP contribution in [0.25, 0.3) is 0 Å². The van der Waals surface area contributed by atoms with Gasteiger partial charge in [-0.2, -0.15) is 0 Å². The number of carbonyl (C=O) groups excluding carboxylic acids is 4. The predicted molar refractivity (Wildman–Crippen MR) is 121 cm³/mol. The highest BCUT2D eigenvalue weighted by Crippen LogP contribution is 2.29. The smallest absolute Gasteiger partial charge is 0.310 e. The fourth-order valence-corrected chi connectivity index (χ4v) is 4.34. The van der Waals surface area contributed by atoms with Crippen molar-refractivity contribution in [2.24, 2.45) is 0 Å². The van der Waals surface area contributed by atoms with Gasteiger partial charge in [0.1, 0.15) is 18.1 Å².